The van der Waals surface area contributed by atoms with Crippen LogP contribution in [0.1, 0.15) is 12.5 Å². The van der Waals surface area contributed by atoms with Crippen molar-refractivity contribution in [2.24, 2.45) is 0 Å². The Kier molecular flexibility index (Phi) is 3.78. The first-order valence-electron chi connectivity index (χ1n) is 7.14. The highest BCUT2D eigenvalue weighted by Crippen LogP contribution is 2.24. The molecule has 2 aromatic carbocycles. The van der Waals surface area contributed by atoms with Gasteiger partial charge in [-0.25, -0.2) is 0 Å². The van der Waals surface area contributed by atoms with Crippen LogP contribution in [-0.4, -0.2) is 11.5 Å². The van der Waals surface area contributed by atoms with Crippen molar-refractivity contribution in [3.05, 3.63) is 81.5 Å². The predicted molar refractivity (Wildman–Crippen MR) is 86.4 cm³/mol. The van der Waals surface area contributed by atoms with Gasteiger partial charge in [0.2, 0.25) is 0 Å². The number of nitrogens with one attached hydrogen (secondary N) is 1. The molecule has 2 aromatic rings. The van der Waals surface area contributed by atoms with Gasteiger partial charge in [-0.3, -0.25) is 15.1 Å². The van der Waals surface area contributed by atoms with E-state index in [-0.39, 0.29) is 10.6 Å². The van der Waals surface area contributed by atoms with E-state index in [2.05, 4.69) is 24.5 Å². The molecule has 0 amide bonds. The van der Waals surface area contributed by atoms with E-state index in [0.717, 1.165) is 18.7 Å². The van der Waals surface area contributed by atoms with Crippen LogP contribution < -0.4 is 10.4 Å². The summed E-state index contributed by atoms with van der Waals surface area (Å²) in [6, 6.07) is 16.9. The van der Waals surface area contributed by atoms with E-state index in [4.69, 9.17) is 0 Å². The van der Waals surface area contributed by atoms with E-state index in [0.29, 0.717) is 0 Å². The Bertz CT molecular complexity index is 708. The minimum Gasteiger partial charge on any atom is -0.302 e. The lowest BCUT2D eigenvalue weighted by Crippen LogP contribution is -2.32. The number of rotatable bonds is 4. The molecular weight excluding hydrogens is 278 g/mol. The molecule has 0 spiro atoms. The number of nitrogens with zero attached hydrogens (tertiary/aromatic N) is 2. The van der Waals surface area contributed by atoms with Crippen molar-refractivity contribution >= 4 is 11.4 Å². The van der Waals surface area contributed by atoms with E-state index >= 15 is 0 Å². The molecule has 5 heteroatoms. The maximum Gasteiger partial charge on any atom is 0.269 e. The zero-order valence-electron chi connectivity index (χ0n) is 12.3. The van der Waals surface area contributed by atoms with Gasteiger partial charge in [0.15, 0.2) is 0 Å². The standard InChI is InChI=1S/C17H17N3O2/c1-13-12-19(15-7-9-16(10-8-15)20(21)22)18-17(13)11-14-5-3-2-4-6-14/h2-10,18H,11-12H2,1H3. The van der Waals surface area contributed by atoms with Gasteiger partial charge in [-0.1, -0.05) is 30.3 Å². The summed E-state index contributed by atoms with van der Waals surface area (Å²) in [6.45, 7) is 2.89. The summed E-state index contributed by atoms with van der Waals surface area (Å²) in [5, 5.41) is 12.7. The monoisotopic (exact) mass is 295 g/mol. The molecule has 0 saturated heterocycles. The molecule has 3 rings (SSSR count). The van der Waals surface area contributed by atoms with Crippen molar-refractivity contribution in [2.75, 3.05) is 11.6 Å². The fourth-order valence-electron chi connectivity index (χ4n) is 2.53. The van der Waals surface area contributed by atoms with Crippen molar-refractivity contribution in [2.45, 2.75) is 13.3 Å². The van der Waals surface area contributed by atoms with Gasteiger partial charge in [-0.15, -0.1) is 0 Å². The minimum atomic E-state index is -0.383. The van der Waals surface area contributed by atoms with Crippen LogP contribution in [0, 0.1) is 10.1 Å². The van der Waals surface area contributed by atoms with Crippen LogP contribution in [0.5, 0.6) is 0 Å². The third-order valence-corrected chi connectivity index (χ3v) is 3.78. The molecule has 1 heterocycles. The Morgan fingerprint density at radius 1 is 1.14 bits per heavy atom. The number of hydrazine groups is 1. The lowest BCUT2D eigenvalue weighted by molar-refractivity contribution is -0.384. The molecule has 0 radical (unpaired) electrons. The fraction of sp³-hybridized carbons (Fsp3) is 0.176. The summed E-state index contributed by atoms with van der Waals surface area (Å²) >= 11 is 0. The predicted octanol–water partition coefficient (Wildman–Crippen LogP) is 3.44. The smallest absolute Gasteiger partial charge is 0.269 e. The maximum absolute atomic E-state index is 10.7. The molecule has 1 aliphatic rings. The third-order valence-electron chi connectivity index (χ3n) is 3.78. The highest BCUT2D eigenvalue weighted by Gasteiger charge is 2.19. The van der Waals surface area contributed by atoms with Crippen LogP contribution in [0.3, 0.4) is 0 Å². The van der Waals surface area contributed by atoms with E-state index in [1.54, 1.807) is 12.1 Å². The molecule has 0 fully saturated rings. The molecule has 0 bridgehead atoms. The minimum absolute atomic E-state index is 0.108. The normalized spacial score (nSPS) is 14.1. The van der Waals surface area contributed by atoms with Crippen LogP contribution in [0.25, 0.3) is 0 Å². The second-order valence-corrected chi connectivity index (χ2v) is 5.39. The molecule has 0 atom stereocenters. The lowest BCUT2D eigenvalue weighted by atomic mass is 10.1. The van der Waals surface area contributed by atoms with Gasteiger partial charge in [0, 0.05) is 24.3 Å². The van der Waals surface area contributed by atoms with Crippen molar-refractivity contribution in [1.82, 2.24) is 5.43 Å². The Labute approximate surface area is 129 Å². The van der Waals surface area contributed by atoms with Gasteiger partial charge in [-0.05, 0) is 30.2 Å². The van der Waals surface area contributed by atoms with Crippen LogP contribution in [0.2, 0.25) is 0 Å². The molecule has 0 unspecified atom stereocenters. The summed E-state index contributed by atoms with van der Waals surface area (Å²) < 4.78 is 0. The topological polar surface area (TPSA) is 58.4 Å². The lowest BCUT2D eigenvalue weighted by Gasteiger charge is -2.20. The largest absolute Gasteiger partial charge is 0.302 e. The van der Waals surface area contributed by atoms with Gasteiger partial charge in [0.25, 0.3) is 5.69 Å². The van der Waals surface area contributed by atoms with E-state index in [1.165, 1.54) is 29.0 Å². The van der Waals surface area contributed by atoms with Crippen molar-refractivity contribution < 1.29 is 4.92 Å². The molecule has 0 saturated carbocycles. The quantitative estimate of drug-likeness (QED) is 0.693. The number of nitro groups is 1. The molecule has 0 aromatic heterocycles. The molecule has 22 heavy (non-hydrogen) atoms. The van der Waals surface area contributed by atoms with Crippen LogP contribution in [0.15, 0.2) is 65.9 Å². The third kappa shape index (κ3) is 2.93. The summed E-state index contributed by atoms with van der Waals surface area (Å²) in [4.78, 5) is 10.3. The van der Waals surface area contributed by atoms with E-state index in [9.17, 15) is 10.1 Å². The van der Waals surface area contributed by atoms with Crippen LogP contribution in [-0.2, 0) is 6.42 Å². The zero-order chi connectivity index (χ0) is 15.5. The molecule has 1 N–H and O–H groups in total. The summed E-state index contributed by atoms with van der Waals surface area (Å²) in [5.74, 6) is 0. The van der Waals surface area contributed by atoms with Gasteiger partial charge < -0.3 is 5.43 Å². The number of anilines is 1. The van der Waals surface area contributed by atoms with Crippen LogP contribution in [0.4, 0.5) is 11.4 Å². The van der Waals surface area contributed by atoms with Crippen molar-refractivity contribution in [3.8, 4) is 0 Å². The maximum atomic E-state index is 10.7. The summed E-state index contributed by atoms with van der Waals surface area (Å²) in [5.41, 5.74) is 8.15. The number of benzene rings is 2. The average Bonchev–Trinajstić information content (AvgIpc) is 2.89. The molecular formula is C17H17N3O2. The fourth-order valence-corrected chi connectivity index (χ4v) is 2.53. The highest BCUT2D eigenvalue weighted by molar-refractivity contribution is 5.53. The number of hydrogen-bond acceptors (Lipinski definition) is 4. The average molecular weight is 295 g/mol. The highest BCUT2D eigenvalue weighted by atomic mass is 16.6. The number of allylic oxidation sites excluding steroid dienone is 1. The number of nitro benzene ring substituents is 1. The van der Waals surface area contributed by atoms with Crippen molar-refractivity contribution in [3.63, 3.8) is 0 Å². The first-order valence-corrected chi connectivity index (χ1v) is 7.14. The van der Waals surface area contributed by atoms with Gasteiger partial charge in [0.05, 0.1) is 17.2 Å². The van der Waals surface area contributed by atoms with Crippen molar-refractivity contribution in [1.29, 1.82) is 0 Å². The second-order valence-electron chi connectivity index (χ2n) is 5.39. The van der Waals surface area contributed by atoms with Gasteiger partial charge in [-0.2, -0.15) is 0 Å². The Hall–Kier alpha value is -2.82. The second kappa shape index (κ2) is 5.89. The number of hydrogen-bond donors (Lipinski definition) is 1. The van der Waals surface area contributed by atoms with Crippen LogP contribution >= 0.6 is 0 Å². The summed E-state index contributed by atoms with van der Waals surface area (Å²) in [7, 11) is 0. The molecule has 112 valence electrons. The van der Waals surface area contributed by atoms with E-state index < -0.39 is 0 Å². The van der Waals surface area contributed by atoms with E-state index in [1.807, 2.05) is 23.2 Å². The first-order chi connectivity index (χ1) is 10.6. The first kappa shape index (κ1) is 14.1. The molecule has 5 nitrogen and oxygen atoms in total. The van der Waals surface area contributed by atoms with Gasteiger partial charge in [0.1, 0.15) is 0 Å². The Morgan fingerprint density at radius 2 is 1.82 bits per heavy atom. The molecule has 1 aliphatic heterocycles. The Morgan fingerprint density at radius 3 is 2.45 bits per heavy atom. The summed E-state index contributed by atoms with van der Waals surface area (Å²) in [6.07, 6.45) is 0.857. The number of non-ortho nitro benzene ring substituents is 1. The zero-order valence-corrected chi connectivity index (χ0v) is 12.3. The van der Waals surface area contributed by atoms with Gasteiger partial charge >= 0.3 is 0 Å². The SMILES string of the molecule is CC1=C(Cc2ccccc2)NN(c2ccc([N+](=O)[O-])cc2)C1. The molecule has 0 aliphatic carbocycles. The Balaban J connectivity index is 1.71.